The Morgan fingerprint density at radius 1 is 1.21 bits per heavy atom. The van der Waals surface area contributed by atoms with E-state index in [4.69, 9.17) is 9.47 Å². The molecule has 24 heavy (non-hydrogen) atoms. The van der Waals surface area contributed by atoms with Crippen LogP contribution in [0.15, 0.2) is 12.2 Å². The van der Waals surface area contributed by atoms with Gasteiger partial charge in [0.05, 0.1) is 19.1 Å². The summed E-state index contributed by atoms with van der Waals surface area (Å²) < 4.78 is 10.4. The molecular formula is C19H30O5. The molecule has 5 nitrogen and oxygen atoms in total. The van der Waals surface area contributed by atoms with E-state index in [2.05, 4.69) is 6.58 Å². The molecular weight excluding hydrogens is 308 g/mol. The van der Waals surface area contributed by atoms with Gasteiger partial charge >= 0.3 is 11.9 Å². The monoisotopic (exact) mass is 338 g/mol. The molecule has 0 radical (unpaired) electrons. The van der Waals surface area contributed by atoms with Gasteiger partial charge in [-0.25, -0.2) is 0 Å². The fraction of sp³-hybridized carbons (Fsp3) is 0.789. The average Bonchev–Trinajstić information content (AvgIpc) is 2.50. The molecule has 2 aliphatic carbocycles. The summed E-state index contributed by atoms with van der Waals surface area (Å²) in [6.07, 6.45) is 2.97. The smallest absolute Gasteiger partial charge is 0.305 e. The number of carbonyl (C=O) groups is 2. The summed E-state index contributed by atoms with van der Waals surface area (Å²) in [7, 11) is 1.37. The van der Waals surface area contributed by atoms with Crippen molar-refractivity contribution in [3.63, 3.8) is 0 Å². The van der Waals surface area contributed by atoms with Gasteiger partial charge in [0.25, 0.3) is 0 Å². The Bertz CT molecular complexity index is 514. The molecule has 0 saturated heterocycles. The van der Waals surface area contributed by atoms with Crippen LogP contribution in [0.3, 0.4) is 0 Å². The van der Waals surface area contributed by atoms with Crippen molar-refractivity contribution in [2.75, 3.05) is 7.11 Å². The normalized spacial score (nSPS) is 38.8. The molecule has 0 aromatic rings. The van der Waals surface area contributed by atoms with E-state index in [1.54, 1.807) is 0 Å². The molecule has 136 valence electrons. The highest BCUT2D eigenvalue weighted by Gasteiger charge is 2.59. The predicted molar refractivity (Wildman–Crippen MR) is 90.1 cm³/mol. The van der Waals surface area contributed by atoms with Crippen LogP contribution in [0.4, 0.5) is 0 Å². The number of methoxy groups -OCH3 is 1. The molecule has 0 bridgehead atoms. The number of ether oxygens (including phenoxy) is 2. The van der Waals surface area contributed by atoms with Gasteiger partial charge in [0.1, 0.15) is 6.10 Å². The number of esters is 2. The first kappa shape index (κ1) is 19.0. The van der Waals surface area contributed by atoms with E-state index in [9.17, 15) is 14.7 Å². The van der Waals surface area contributed by atoms with Crippen LogP contribution in [0.2, 0.25) is 0 Å². The van der Waals surface area contributed by atoms with Crippen molar-refractivity contribution in [1.29, 1.82) is 0 Å². The minimum absolute atomic E-state index is 0.0334. The first-order chi connectivity index (χ1) is 11.2. The fourth-order valence-corrected chi connectivity index (χ4v) is 4.95. The third-order valence-electron chi connectivity index (χ3n) is 6.11. The fourth-order valence-electron chi connectivity index (χ4n) is 4.95. The van der Waals surface area contributed by atoms with Crippen molar-refractivity contribution in [2.24, 2.45) is 23.7 Å². The lowest BCUT2D eigenvalue weighted by molar-refractivity contribution is -0.214. The Labute approximate surface area is 144 Å². The zero-order valence-corrected chi connectivity index (χ0v) is 15.2. The van der Waals surface area contributed by atoms with E-state index in [1.807, 2.05) is 13.8 Å². The maximum Gasteiger partial charge on any atom is 0.305 e. The first-order valence-electron chi connectivity index (χ1n) is 8.83. The number of hydrogen-bond donors (Lipinski definition) is 1. The summed E-state index contributed by atoms with van der Waals surface area (Å²) in [6, 6.07) is 0. The summed E-state index contributed by atoms with van der Waals surface area (Å²) in [5, 5.41) is 11.7. The molecule has 5 heteroatoms. The summed E-state index contributed by atoms with van der Waals surface area (Å²) in [4.78, 5) is 23.4. The van der Waals surface area contributed by atoms with Gasteiger partial charge in [-0.05, 0) is 50.4 Å². The minimum atomic E-state index is -1.05. The van der Waals surface area contributed by atoms with Crippen LogP contribution in [0, 0.1) is 23.7 Å². The van der Waals surface area contributed by atoms with Crippen molar-refractivity contribution in [2.45, 2.75) is 64.6 Å². The first-order valence-corrected chi connectivity index (χ1v) is 8.83. The summed E-state index contributed by atoms with van der Waals surface area (Å²) in [5.74, 6) is -0.901. The number of allylic oxidation sites excluding steroid dienone is 1. The maximum absolute atomic E-state index is 11.8. The van der Waals surface area contributed by atoms with Gasteiger partial charge in [-0.1, -0.05) is 19.1 Å². The number of rotatable bonds is 4. The Hall–Kier alpha value is -1.36. The van der Waals surface area contributed by atoms with E-state index in [1.165, 1.54) is 14.0 Å². The Balaban J connectivity index is 2.41. The highest BCUT2D eigenvalue weighted by Crippen LogP contribution is 2.55. The summed E-state index contributed by atoms with van der Waals surface area (Å²) in [6.45, 7) is 9.50. The lowest BCUT2D eigenvalue weighted by atomic mass is 9.52. The van der Waals surface area contributed by atoms with Gasteiger partial charge in [0.2, 0.25) is 0 Å². The zero-order valence-electron chi connectivity index (χ0n) is 15.2. The summed E-state index contributed by atoms with van der Waals surface area (Å²) in [5.41, 5.74) is -0.0461. The van der Waals surface area contributed by atoms with Crippen molar-refractivity contribution in [3.05, 3.63) is 12.2 Å². The SMILES string of the molecule is C=C(C)[C@@H]1CC[C@@H](C)[C@]2(O)[C@H](CC(=O)OC)CC[C@@H](OC(C)=O)[C@H]12. The van der Waals surface area contributed by atoms with E-state index in [0.717, 1.165) is 18.4 Å². The Kier molecular flexibility index (Phi) is 5.74. The second kappa shape index (κ2) is 7.26. The van der Waals surface area contributed by atoms with Gasteiger partial charge in [-0.3, -0.25) is 9.59 Å². The van der Waals surface area contributed by atoms with Crippen LogP contribution < -0.4 is 0 Å². The van der Waals surface area contributed by atoms with Gasteiger partial charge in [0.15, 0.2) is 0 Å². The van der Waals surface area contributed by atoms with E-state index >= 15 is 0 Å². The number of aliphatic hydroxyl groups is 1. The summed E-state index contributed by atoms with van der Waals surface area (Å²) >= 11 is 0. The second-order valence-corrected chi connectivity index (χ2v) is 7.55. The molecule has 1 N–H and O–H groups in total. The van der Waals surface area contributed by atoms with Gasteiger partial charge in [-0.2, -0.15) is 0 Å². The highest BCUT2D eigenvalue weighted by atomic mass is 16.5. The van der Waals surface area contributed by atoms with Crippen LogP contribution in [-0.4, -0.2) is 35.9 Å². The predicted octanol–water partition coefficient (Wildman–Crippen LogP) is 2.86. The third kappa shape index (κ3) is 3.37. The lowest BCUT2D eigenvalue weighted by Crippen LogP contribution is -2.63. The maximum atomic E-state index is 11.8. The van der Waals surface area contributed by atoms with Crippen LogP contribution in [0.25, 0.3) is 0 Å². The Morgan fingerprint density at radius 2 is 1.88 bits per heavy atom. The van der Waals surface area contributed by atoms with Gasteiger partial charge < -0.3 is 14.6 Å². The lowest BCUT2D eigenvalue weighted by Gasteiger charge is -2.57. The van der Waals surface area contributed by atoms with Crippen LogP contribution in [-0.2, 0) is 19.1 Å². The largest absolute Gasteiger partial charge is 0.469 e. The zero-order chi connectivity index (χ0) is 18.1. The molecule has 2 aliphatic rings. The van der Waals surface area contributed by atoms with E-state index < -0.39 is 5.60 Å². The second-order valence-electron chi connectivity index (χ2n) is 7.55. The molecule has 2 saturated carbocycles. The molecule has 0 unspecified atom stereocenters. The molecule has 2 fully saturated rings. The third-order valence-corrected chi connectivity index (χ3v) is 6.11. The highest BCUT2D eigenvalue weighted by molar-refractivity contribution is 5.69. The van der Waals surface area contributed by atoms with Crippen molar-refractivity contribution >= 4 is 11.9 Å². The van der Waals surface area contributed by atoms with E-state index in [-0.39, 0.29) is 48.1 Å². The van der Waals surface area contributed by atoms with Gasteiger partial charge in [0, 0.05) is 12.8 Å². The van der Waals surface area contributed by atoms with Crippen LogP contribution in [0.5, 0.6) is 0 Å². The van der Waals surface area contributed by atoms with Gasteiger partial charge in [-0.15, -0.1) is 0 Å². The number of carbonyl (C=O) groups excluding carboxylic acids is 2. The van der Waals surface area contributed by atoms with E-state index in [0.29, 0.717) is 12.8 Å². The van der Waals surface area contributed by atoms with Crippen molar-refractivity contribution in [3.8, 4) is 0 Å². The molecule has 0 aromatic carbocycles. The van der Waals surface area contributed by atoms with Crippen LogP contribution >= 0.6 is 0 Å². The van der Waals surface area contributed by atoms with Crippen LogP contribution in [0.1, 0.15) is 52.9 Å². The topological polar surface area (TPSA) is 72.8 Å². The Morgan fingerprint density at radius 3 is 2.42 bits per heavy atom. The molecule has 0 aliphatic heterocycles. The number of hydrogen-bond acceptors (Lipinski definition) is 5. The van der Waals surface area contributed by atoms with Crippen molar-refractivity contribution < 1.29 is 24.2 Å². The minimum Gasteiger partial charge on any atom is -0.469 e. The van der Waals surface area contributed by atoms with Crippen molar-refractivity contribution in [1.82, 2.24) is 0 Å². The molecule has 0 spiro atoms. The quantitative estimate of drug-likeness (QED) is 0.630. The molecule has 2 rings (SSSR count). The molecule has 6 atom stereocenters. The standard InChI is InChI=1S/C19H30O5/c1-11(2)15-8-6-12(3)19(22)14(10-17(21)23-5)7-9-16(18(15)19)24-13(4)20/h12,14-16,18,22H,1,6-10H2,2-5H3/t12-,14+,15+,16-,18+,19+/m1/s1. The average molecular weight is 338 g/mol. The molecule has 0 aromatic heterocycles. The molecule has 0 amide bonds. The molecule has 0 heterocycles. The number of fused-ring (bicyclic) bond motifs is 1.